The number of rotatable bonds is 5. The highest BCUT2D eigenvalue weighted by Crippen LogP contribution is 2.10. The number of benzene rings is 1. The molecule has 0 bridgehead atoms. The largest absolute Gasteiger partial charge is 0.401 e. The van der Waals surface area contributed by atoms with Crippen molar-refractivity contribution >= 4 is 11.6 Å². The van der Waals surface area contributed by atoms with Gasteiger partial charge in [0.05, 0.1) is 0 Å². The third kappa shape index (κ3) is 5.05. The lowest BCUT2D eigenvalue weighted by molar-refractivity contribution is 0.382. The zero-order valence-corrected chi connectivity index (χ0v) is 10.2. The van der Waals surface area contributed by atoms with E-state index in [9.17, 15) is 0 Å². The van der Waals surface area contributed by atoms with Crippen molar-refractivity contribution in [2.24, 2.45) is 11.6 Å². The number of hydrogen-bond acceptors (Lipinski definition) is 3. The summed E-state index contributed by atoms with van der Waals surface area (Å²) in [5.74, 6) is 5.72. The molecule has 0 fully saturated rings. The van der Waals surface area contributed by atoms with Crippen LogP contribution in [0.1, 0.15) is 18.9 Å². The van der Waals surface area contributed by atoms with E-state index in [1.807, 2.05) is 31.2 Å². The smallest absolute Gasteiger partial charge is 0.0406 e. The van der Waals surface area contributed by atoms with Gasteiger partial charge in [0.15, 0.2) is 0 Å². The van der Waals surface area contributed by atoms with Gasteiger partial charge in [-0.25, -0.2) is 5.84 Å². The van der Waals surface area contributed by atoms with Crippen molar-refractivity contribution in [3.8, 4) is 0 Å². The van der Waals surface area contributed by atoms with E-state index in [2.05, 4.69) is 0 Å². The molecule has 0 saturated carbocycles. The first-order valence-electron chi connectivity index (χ1n) is 5.27. The van der Waals surface area contributed by atoms with Crippen molar-refractivity contribution in [3.05, 3.63) is 46.7 Å². The summed E-state index contributed by atoms with van der Waals surface area (Å²) in [5, 5.41) is 2.39. The highest BCUT2D eigenvalue weighted by atomic mass is 35.5. The fourth-order valence-corrected chi connectivity index (χ4v) is 1.57. The van der Waals surface area contributed by atoms with Crippen molar-refractivity contribution in [1.29, 1.82) is 0 Å². The predicted molar refractivity (Wildman–Crippen MR) is 68.6 cm³/mol. The highest BCUT2D eigenvalue weighted by molar-refractivity contribution is 6.30. The average Bonchev–Trinajstić information content (AvgIpc) is 2.20. The molecule has 3 nitrogen and oxygen atoms in total. The molecular formula is C12H18ClN3. The van der Waals surface area contributed by atoms with Crippen LogP contribution in [-0.2, 0) is 6.42 Å². The summed E-state index contributed by atoms with van der Waals surface area (Å²) in [6, 6.07) is 7.88. The minimum Gasteiger partial charge on any atom is -0.401 e. The maximum absolute atomic E-state index is 5.80. The van der Waals surface area contributed by atoms with Gasteiger partial charge in [-0.05, 0) is 37.5 Å². The summed E-state index contributed by atoms with van der Waals surface area (Å²) in [7, 11) is 0. The Morgan fingerprint density at radius 1 is 1.38 bits per heavy atom. The van der Waals surface area contributed by atoms with E-state index in [-0.39, 0.29) is 0 Å². The van der Waals surface area contributed by atoms with Gasteiger partial charge in [0.1, 0.15) is 0 Å². The number of allylic oxidation sites excluding steroid dienone is 1. The van der Waals surface area contributed by atoms with Gasteiger partial charge in [0.25, 0.3) is 0 Å². The summed E-state index contributed by atoms with van der Waals surface area (Å²) in [4.78, 5) is 0. The molecule has 0 atom stereocenters. The Labute approximate surface area is 102 Å². The van der Waals surface area contributed by atoms with Crippen LogP contribution < -0.4 is 11.6 Å². The molecule has 4 heteroatoms. The monoisotopic (exact) mass is 239 g/mol. The normalized spacial score (nSPS) is 11.6. The van der Waals surface area contributed by atoms with E-state index in [0.717, 1.165) is 24.4 Å². The van der Waals surface area contributed by atoms with Crippen LogP contribution in [0, 0.1) is 0 Å². The summed E-state index contributed by atoms with van der Waals surface area (Å²) >= 11 is 5.80. The number of nitrogens with zero attached hydrogens (tertiary/aromatic N) is 1. The van der Waals surface area contributed by atoms with Gasteiger partial charge in [-0.2, -0.15) is 0 Å². The molecule has 1 rings (SSSR count). The first-order valence-corrected chi connectivity index (χ1v) is 5.65. The standard InChI is InChI=1S/C12H18ClN3/c1-10(14)9-16(15)8-2-3-11-4-6-12(13)7-5-11/h4-7,9H,2-3,8,14-15H2,1H3/b10-9-. The number of aryl methyl sites for hydroxylation is 1. The molecule has 88 valence electrons. The van der Waals surface area contributed by atoms with E-state index < -0.39 is 0 Å². The van der Waals surface area contributed by atoms with Crippen molar-refractivity contribution in [3.63, 3.8) is 0 Å². The molecule has 1 aromatic carbocycles. The number of hydrogen-bond donors (Lipinski definition) is 2. The van der Waals surface area contributed by atoms with Crippen LogP contribution in [-0.4, -0.2) is 11.6 Å². The maximum Gasteiger partial charge on any atom is 0.0406 e. The van der Waals surface area contributed by atoms with Gasteiger partial charge < -0.3 is 10.7 Å². The van der Waals surface area contributed by atoms with Gasteiger partial charge in [-0.15, -0.1) is 0 Å². The third-order valence-corrected chi connectivity index (χ3v) is 2.42. The van der Waals surface area contributed by atoms with Crippen LogP contribution in [0.25, 0.3) is 0 Å². The molecule has 0 aliphatic carbocycles. The van der Waals surface area contributed by atoms with Gasteiger partial charge in [-0.1, -0.05) is 23.7 Å². The lowest BCUT2D eigenvalue weighted by Gasteiger charge is -2.13. The Bertz CT molecular complexity index is 342. The van der Waals surface area contributed by atoms with Crippen LogP contribution in [0.15, 0.2) is 36.2 Å². The molecule has 16 heavy (non-hydrogen) atoms. The second-order valence-electron chi connectivity index (χ2n) is 3.84. The molecule has 0 heterocycles. The Morgan fingerprint density at radius 2 is 2.00 bits per heavy atom. The van der Waals surface area contributed by atoms with Crippen LogP contribution >= 0.6 is 11.6 Å². The second kappa shape index (κ2) is 6.40. The molecule has 0 saturated heterocycles. The molecule has 0 aliphatic rings. The molecule has 4 N–H and O–H groups in total. The van der Waals surface area contributed by atoms with Gasteiger partial charge in [0.2, 0.25) is 0 Å². The number of hydrazine groups is 1. The van der Waals surface area contributed by atoms with Crippen molar-refractivity contribution in [2.75, 3.05) is 6.54 Å². The third-order valence-electron chi connectivity index (χ3n) is 2.16. The number of nitrogens with two attached hydrogens (primary N) is 2. The zero-order valence-electron chi connectivity index (χ0n) is 9.49. The summed E-state index contributed by atoms with van der Waals surface area (Å²) in [6.45, 7) is 2.61. The van der Waals surface area contributed by atoms with Crippen LogP contribution in [0.2, 0.25) is 5.02 Å². The molecule has 0 radical (unpaired) electrons. The van der Waals surface area contributed by atoms with E-state index in [1.54, 1.807) is 11.2 Å². The maximum atomic E-state index is 5.80. The fraction of sp³-hybridized carbons (Fsp3) is 0.333. The van der Waals surface area contributed by atoms with Crippen molar-refractivity contribution in [1.82, 2.24) is 5.01 Å². The predicted octanol–water partition coefficient (Wildman–Crippen LogP) is 2.27. The molecule has 0 aliphatic heterocycles. The molecule has 0 spiro atoms. The minimum absolute atomic E-state index is 0.717. The second-order valence-corrected chi connectivity index (χ2v) is 4.28. The molecular weight excluding hydrogens is 222 g/mol. The lowest BCUT2D eigenvalue weighted by atomic mass is 10.1. The van der Waals surface area contributed by atoms with Gasteiger partial charge in [-0.3, -0.25) is 0 Å². The molecule has 1 aromatic rings. The fourth-order valence-electron chi connectivity index (χ4n) is 1.44. The molecule has 0 unspecified atom stereocenters. The average molecular weight is 240 g/mol. The summed E-state index contributed by atoms with van der Waals surface area (Å²) in [6.07, 6.45) is 3.71. The van der Waals surface area contributed by atoms with E-state index in [1.165, 1.54) is 5.56 Å². The lowest BCUT2D eigenvalue weighted by Crippen LogP contribution is -2.27. The quantitative estimate of drug-likeness (QED) is 0.612. The van der Waals surface area contributed by atoms with Crippen LogP contribution in [0.3, 0.4) is 0 Å². The number of halogens is 1. The van der Waals surface area contributed by atoms with Gasteiger partial charge in [0, 0.05) is 23.5 Å². The molecule has 0 aromatic heterocycles. The van der Waals surface area contributed by atoms with Crippen molar-refractivity contribution in [2.45, 2.75) is 19.8 Å². The Balaban J connectivity index is 2.30. The van der Waals surface area contributed by atoms with Crippen LogP contribution in [0.5, 0.6) is 0 Å². The van der Waals surface area contributed by atoms with E-state index in [4.69, 9.17) is 23.2 Å². The Morgan fingerprint density at radius 3 is 2.56 bits per heavy atom. The minimum atomic E-state index is 0.717. The summed E-state index contributed by atoms with van der Waals surface area (Å²) in [5.41, 5.74) is 7.50. The highest BCUT2D eigenvalue weighted by Gasteiger charge is 1.96. The first-order chi connectivity index (χ1) is 7.58. The van der Waals surface area contributed by atoms with Crippen molar-refractivity contribution < 1.29 is 0 Å². The van der Waals surface area contributed by atoms with E-state index >= 15 is 0 Å². The topological polar surface area (TPSA) is 55.3 Å². The zero-order chi connectivity index (χ0) is 12.0. The Hall–Kier alpha value is -1.19. The van der Waals surface area contributed by atoms with Gasteiger partial charge >= 0.3 is 0 Å². The van der Waals surface area contributed by atoms with Crippen LogP contribution in [0.4, 0.5) is 0 Å². The SMILES string of the molecule is C/C(N)=C/N(N)CCCc1ccc(Cl)cc1. The molecule has 0 amide bonds. The summed E-state index contributed by atoms with van der Waals surface area (Å²) < 4.78 is 0. The van der Waals surface area contributed by atoms with E-state index in [0.29, 0.717) is 5.70 Å². The Kier molecular flexibility index (Phi) is 5.15. The first kappa shape index (κ1) is 12.9.